The summed E-state index contributed by atoms with van der Waals surface area (Å²) in [6.07, 6.45) is 6.47. The topological polar surface area (TPSA) is 47.8 Å². The molecular weight excluding hydrogens is 234 g/mol. The molecule has 2 rings (SSSR count). The summed E-state index contributed by atoms with van der Waals surface area (Å²) in [7, 11) is 0. The number of hydrogen-bond acceptors (Lipinski definition) is 3. The highest BCUT2D eigenvalue weighted by molar-refractivity contribution is 5.47. The highest BCUT2D eigenvalue weighted by atomic mass is 15.0. The zero-order chi connectivity index (χ0) is 13.5. The van der Waals surface area contributed by atoms with E-state index in [-0.39, 0.29) is 0 Å². The first kappa shape index (κ1) is 13.9. The lowest BCUT2D eigenvalue weighted by Gasteiger charge is -2.22. The van der Waals surface area contributed by atoms with Gasteiger partial charge in [-0.05, 0) is 57.0 Å². The Bertz CT molecular complexity index is 411. The maximum atomic E-state index is 8.77. The van der Waals surface area contributed by atoms with E-state index < -0.39 is 0 Å². The highest BCUT2D eigenvalue weighted by Gasteiger charge is 2.14. The number of nitrogens with zero attached hydrogens (tertiary/aromatic N) is 1. The molecule has 0 aromatic heterocycles. The molecule has 1 aliphatic rings. The molecule has 0 radical (unpaired) electrons. The van der Waals surface area contributed by atoms with Crippen molar-refractivity contribution in [3.8, 4) is 6.07 Å². The molecule has 1 saturated heterocycles. The maximum Gasteiger partial charge on any atom is 0.0991 e. The smallest absolute Gasteiger partial charge is 0.0991 e. The van der Waals surface area contributed by atoms with Crippen molar-refractivity contribution in [1.29, 1.82) is 5.26 Å². The van der Waals surface area contributed by atoms with E-state index in [1.165, 1.54) is 25.7 Å². The van der Waals surface area contributed by atoms with Gasteiger partial charge in [-0.15, -0.1) is 0 Å². The summed E-state index contributed by atoms with van der Waals surface area (Å²) in [5, 5.41) is 15.9. The van der Waals surface area contributed by atoms with E-state index in [4.69, 9.17) is 5.26 Å². The van der Waals surface area contributed by atoms with Gasteiger partial charge in [-0.25, -0.2) is 0 Å². The minimum absolute atomic E-state index is 0.448. The number of benzene rings is 1. The Hall–Kier alpha value is -1.53. The van der Waals surface area contributed by atoms with Crippen LogP contribution in [-0.4, -0.2) is 18.6 Å². The van der Waals surface area contributed by atoms with Gasteiger partial charge in [0, 0.05) is 17.8 Å². The van der Waals surface area contributed by atoms with Gasteiger partial charge in [0.25, 0.3) is 0 Å². The van der Waals surface area contributed by atoms with E-state index in [1.54, 1.807) is 0 Å². The zero-order valence-electron chi connectivity index (χ0n) is 11.7. The summed E-state index contributed by atoms with van der Waals surface area (Å²) in [6, 6.07) is 10.9. The van der Waals surface area contributed by atoms with Gasteiger partial charge in [0.2, 0.25) is 0 Å². The molecule has 1 aliphatic heterocycles. The number of nitrogens with one attached hydrogen (secondary N) is 2. The summed E-state index contributed by atoms with van der Waals surface area (Å²) >= 11 is 0. The highest BCUT2D eigenvalue weighted by Crippen LogP contribution is 2.16. The largest absolute Gasteiger partial charge is 0.383 e. The molecule has 2 atom stereocenters. The molecule has 3 nitrogen and oxygen atoms in total. The molecule has 19 heavy (non-hydrogen) atoms. The Morgan fingerprint density at radius 2 is 2.11 bits per heavy atom. The molecule has 2 N–H and O–H groups in total. The van der Waals surface area contributed by atoms with Crippen LogP contribution in [0.1, 0.15) is 44.6 Å². The fourth-order valence-corrected chi connectivity index (χ4v) is 2.71. The first-order chi connectivity index (χ1) is 9.28. The second-order valence-electron chi connectivity index (χ2n) is 5.47. The van der Waals surface area contributed by atoms with Crippen LogP contribution in [0.2, 0.25) is 0 Å². The second kappa shape index (κ2) is 7.16. The summed E-state index contributed by atoms with van der Waals surface area (Å²) in [4.78, 5) is 0. The molecule has 0 saturated carbocycles. The van der Waals surface area contributed by atoms with Crippen molar-refractivity contribution in [1.82, 2.24) is 5.32 Å². The monoisotopic (exact) mass is 257 g/mol. The lowest BCUT2D eigenvalue weighted by atomic mass is 10.0. The molecule has 0 bridgehead atoms. The Balaban J connectivity index is 1.82. The van der Waals surface area contributed by atoms with E-state index in [1.807, 2.05) is 24.3 Å². The molecular formula is C16H23N3. The lowest BCUT2D eigenvalue weighted by molar-refractivity contribution is 0.456. The summed E-state index contributed by atoms with van der Waals surface area (Å²) < 4.78 is 0. The first-order valence-corrected chi connectivity index (χ1v) is 7.28. The molecule has 1 heterocycles. The van der Waals surface area contributed by atoms with Gasteiger partial charge in [0.05, 0.1) is 11.6 Å². The lowest BCUT2D eigenvalue weighted by Crippen LogP contribution is -2.33. The zero-order valence-corrected chi connectivity index (χ0v) is 11.7. The minimum Gasteiger partial charge on any atom is -0.383 e. The van der Waals surface area contributed by atoms with E-state index in [0.29, 0.717) is 17.6 Å². The number of anilines is 1. The van der Waals surface area contributed by atoms with Gasteiger partial charge in [-0.2, -0.15) is 5.26 Å². The minimum atomic E-state index is 0.448. The van der Waals surface area contributed by atoms with Crippen molar-refractivity contribution in [2.75, 3.05) is 11.9 Å². The molecule has 0 spiro atoms. The van der Waals surface area contributed by atoms with Gasteiger partial charge in [-0.3, -0.25) is 0 Å². The normalized spacial score (nSPS) is 21.2. The Kier molecular flexibility index (Phi) is 5.23. The average molecular weight is 257 g/mol. The molecule has 1 aromatic rings. The van der Waals surface area contributed by atoms with Gasteiger partial charge in [-0.1, -0.05) is 12.8 Å². The van der Waals surface area contributed by atoms with Crippen molar-refractivity contribution in [2.45, 2.75) is 51.1 Å². The molecule has 2 unspecified atom stereocenters. The van der Waals surface area contributed by atoms with Crippen LogP contribution < -0.4 is 10.6 Å². The second-order valence-corrected chi connectivity index (χ2v) is 5.47. The Morgan fingerprint density at radius 1 is 1.32 bits per heavy atom. The van der Waals surface area contributed by atoms with Crippen LogP contribution in [0.4, 0.5) is 5.69 Å². The van der Waals surface area contributed by atoms with Crippen molar-refractivity contribution in [3.05, 3.63) is 29.8 Å². The van der Waals surface area contributed by atoms with Crippen LogP contribution in [0.5, 0.6) is 0 Å². The van der Waals surface area contributed by atoms with Crippen LogP contribution in [0, 0.1) is 11.3 Å². The predicted octanol–water partition coefficient (Wildman–Crippen LogP) is 3.28. The Labute approximate surface area is 116 Å². The third-order valence-electron chi connectivity index (χ3n) is 3.73. The van der Waals surface area contributed by atoms with Gasteiger partial charge < -0.3 is 10.6 Å². The van der Waals surface area contributed by atoms with Crippen LogP contribution in [0.25, 0.3) is 0 Å². The van der Waals surface area contributed by atoms with Crippen LogP contribution in [-0.2, 0) is 0 Å². The van der Waals surface area contributed by atoms with Crippen LogP contribution in [0.3, 0.4) is 0 Å². The quantitative estimate of drug-likeness (QED) is 0.870. The van der Waals surface area contributed by atoms with E-state index >= 15 is 0 Å². The van der Waals surface area contributed by atoms with E-state index in [2.05, 4.69) is 23.6 Å². The Morgan fingerprint density at radius 3 is 2.84 bits per heavy atom. The fourth-order valence-electron chi connectivity index (χ4n) is 2.71. The number of nitriles is 1. The van der Waals surface area contributed by atoms with Crippen molar-refractivity contribution in [2.24, 2.45) is 0 Å². The number of rotatable bonds is 4. The average Bonchev–Trinajstić information content (AvgIpc) is 2.68. The molecule has 102 valence electrons. The van der Waals surface area contributed by atoms with E-state index in [9.17, 15) is 0 Å². The van der Waals surface area contributed by atoms with Gasteiger partial charge in [0.1, 0.15) is 0 Å². The van der Waals surface area contributed by atoms with Crippen LogP contribution in [0.15, 0.2) is 24.3 Å². The summed E-state index contributed by atoms with van der Waals surface area (Å²) in [6.45, 7) is 3.39. The summed E-state index contributed by atoms with van der Waals surface area (Å²) in [5.74, 6) is 0. The van der Waals surface area contributed by atoms with Crippen molar-refractivity contribution < 1.29 is 0 Å². The molecule has 3 heteroatoms. The van der Waals surface area contributed by atoms with Gasteiger partial charge in [0.15, 0.2) is 0 Å². The third kappa shape index (κ3) is 4.57. The molecule has 0 amide bonds. The molecule has 1 aromatic carbocycles. The summed E-state index contributed by atoms with van der Waals surface area (Å²) in [5.41, 5.74) is 1.81. The van der Waals surface area contributed by atoms with E-state index in [0.717, 1.165) is 18.7 Å². The SMILES string of the molecule is CC(CC1CCCCCN1)Nc1ccc(C#N)cc1. The third-order valence-corrected chi connectivity index (χ3v) is 3.73. The predicted molar refractivity (Wildman–Crippen MR) is 79.1 cm³/mol. The molecule has 1 fully saturated rings. The fraction of sp³-hybridized carbons (Fsp3) is 0.562. The first-order valence-electron chi connectivity index (χ1n) is 7.28. The molecule has 0 aliphatic carbocycles. The standard InChI is InChI=1S/C16H23N3/c1-13(11-16-5-3-2-4-10-18-16)19-15-8-6-14(12-17)7-9-15/h6-9,13,16,18-19H,2-5,10-11H2,1H3. The van der Waals surface area contributed by atoms with Crippen molar-refractivity contribution in [3.63, 3.8) is 0 Å². The number of hydrogen-bond donors (Lipinski definition) is 2. The van der Waals surface area contributed by atoms with Crippen LogP contribution >= 0.6 is 0 Å². The van der Waals surface area contributed by atoms with Gasteiger partial charge >= 0.3 is 0 Å². The van der Waals surface area contributed by atoms with Crippen molar-refractivity contribution >= 4 is 5.69 Å². The maximum absolute atomic E-state index is 8.77.